The molecule has 2 N–H and O–H groups in total. The van der Waals surface area contributed by atoms with Crippen molar-refractivity contribution in [1.29, 1.82) is 0 Å². The Morgan fingerprint density at radius 3 is 2.92 bits per heavy atom. The van der Waals surface area contributed by atoms with E-state index in [4.69, 9.17) is 0 Å². The second kappa shape index (κ2) is 5.83. The Kier molecular flexibility index (Phi) is 3.65. The predicted molar refractivity (Wildman–Crippen MR) is 88.0 cm³/mol. The van der Waals surface area contributed by atoms with Gasteiger partial charge in [-0.15, -0.1) is 0 Å². The van der Waals surface area contributed by atoms with E-state index in [2.05, 4.69) is 20.6 Å². The van der Waals surface area contributed by atoms with Crippen LogP contribution in [0.4, 0.5) is 14.6 Å². The molecular weight excluding hydrogens is 312 g/mol. The lowest BCUT2D eigenvalue weighted by Crippen LogP contribution is -2.23. The number of imidazole rings is 1. The van der Waals surface area contributed by atoms with Crippen molar-refractivity contribution in [2.45, 2.75) is 19.4 Å². The molecule has 1 aromatic carbocycles. The molecule has 0 bridgehead atoms. The van der Waals surface area contributed by atoms with E-state index >= 15 is 0 Å². The van der Waals surface area contributed by atoms with Crippen LogP contribution in [-0.4, -0.2) is 33.5 Å². The van der Waals surface area contributed by atoms with Crippen LogP contribution in [-0.2, 0) is 0 Å². The Bertz CT molecular complexity index is 899. The topological polar surface area (TPSA) is 54.2 Å². The van der Waals surface area contributed by atoms with Crippen molar-refractivity contribution < 1.29 is 8.78 Å². The minimum absolute atomic E-state index is 0.300. The number of nitrogens with zero attached hydrogens (tertiary/aromatic N) is 3. The van der Waals surface area contributed by atoms with Gasteiger partial charge in [-0.05, 0) is 31.5 Å². The van der Waals surface area contributed by atoms with Crippen molar-refractivity contribution in [2.24, 2.45) is 0 Å². The normalized spacial score (nSPS) is 17.5. The van der Waals surface area contributed by atoms with Gasteiger partial charge in [0, 0.05) is 36.6 Å². The molecule has 4 rings (SSSR count). The van der Waals surface area contributed by atoms with Crippen LogP contribution in [0.15, 0.2) is 30.7 Å². The summed E-state index contributed by atoms with van der Waals surface area (Å²) >= 11 is 0. The summed E-state index contributed by atoms with van der Waals surface area (Å²) in [5.41, 5.74) is 1.86. The number of anilines is 1. The highest BCUT2D eigenvalue weighted by Crippen LogP contribution is 2.28. The van der Waals surface area contributed by atoms with Gasteiger partial charge in [0.2, 0.25) is 0 Å². The highest BCUT2D eigenvalue weighted by atomic mass is 19.1. The highest BCUT2D eigenvalue weighted by Gasteiger charge is 2.19. The minimum Gasteiger partial charge on any atom is -0.363 e. The zero-order valence-corrected chi connectivity index (χ0v) is 13.2. The third-order valence-corrected chi connectivity index (χ3v) is 4.35. The number of halogens is 2. The SMILES string of the molecule is Cc1cc(-c2cnc(N[C@H]3CCNC3)c3nccn23)c(F)cc1F. The fourth-order valence-corrected chi connectivity index (χ4v) is 3.04. The summed E-state index contributed by atoms with van der Waals surface area (Å²) in [6, 6.07) is 2.70. The predicted octanol–water partition coefficient (Wildman–Crippen LogP) is 2.76. The molecule has 0 amide bonds. The van der Waals surface area contributed by atoms with Crippen LogP contribution in [0, 0.1) is 18.6 Å². The standard InChI is InChI=1S/C17H17F2N5/c1-10-6-12(14(19)7-13(10)18)15-9-22-16(17-21-4-5-24(15)17)23-11-2-3-20-8-11/h4-7,9,11,20H,2-3,8H2,1H3,(H,22,23)/t11-/m0/s1. The van der Waals surface area contributed by atoms with E-state index in [1.54, 1.807) is 29.9 Å². The smallest absolute Gasteiger partial charge is 0.180 e. The first-order valence-corrected chi connectivity index (χ1v) is 7.89. The second-order valence-corrected chi connectivity index (χ2v) is 6.03. The molecule has 3 aromatic rings. The summed E-state index contributed by atoms with van der Waals surface area (Å²) in [6.07, 6.45) is 6.01. The Morgan fingerprint density at radius 2 is 2.12 bits per heavy atom. The molecule has 3 heterocycles. The number of rotatable bonds is 3. The number of benzene rings is 1. The maximum atomic E-state index is 14.3. The van der Waals surface area contributed by atoms with Gasteiger partial charge in [-0.2, -0.15) is 0 Å². The Hall–Kier alpha value is -2.54. The summed E-state index contributed by atoms with van der Waals surface area (Å²) in [7, 11) is 0. The first-order valence-electron chi connectivity index (χ1n) is 7.89. The number of nitrogens with one attached hydrogen (secondary N) is 2. The third-order valence-electron chi connectivity index (χ3n) is 4.35. The van der Waals surface area contributed by atoms with Gasteiger partial charge < -0.3 is 10.6 Å². The average Bonchev–Trinajstić information content (AvgIpc) is 3.23. The first kappa shape index (κ1) is 15.0. The molecule has 5 nitrogen and oxygen atoms in total. The summed E-state index contributed by atoms with van der Waals surface area (Å²) in [4.78, 5) is 8.77. The zero-order chi connectivity index (χ0) is 16.7. The summed E-state index contributed by atoms with van der Waals surface area (Å²) in [5, 5.41) is 6.66. The summed E-state index contributed by atoms with van der Waals surface area (Å²) < 4.78 is 29.6. The fourth-order valence-electron chi connectivity index (χ4n) is 3.04. The highest BCUT2D eigenvalue weighted by molar-refractivity contribution is 5.71. The van der Waals surface area contributed by atoms with E-state index < -0.39 is 11.6 Å². The second-order valence-electron chi connectivity index (χ2n) is 6.03. The molecule has 7 heteroatoms. The van der Waals surface area contributed by atoms with E-state index in [1.807, 2.05) is 0 Å². The molecular formula is C17H17F2N5. The van der Waals surface area contributed by atoms with E-state index in [1.165, 1.54) is 6.07 Å². The van der Waals surface area contributed by atoms with Crippen LogP contribution in [0.1, 0.15) is 12.0 Å². The molecule has 1 atom stereocenters. The zero-order valence-electron chi connectivity index (χ0n) is 13.2. The minimum atomic E-state index is -0.615. The fraction of sp³-hybridized carbons (Fsp3) is 0.294. The number of hydrogen-bond acceptors (Lipinski definition) is 4. The first-order chi connectivity index (χ1) is 11.6. The van der Waals surface area contributed by atoms with Crippen LogP contribution in [0.25, 0.3) is 16.9 Å². The van der Waals surface area contributed by atoms with Gasteiger partial charge in [0.1, 0.15) is 11.6 Å². The van der Waals surface area contributed by atoms with Gasteiger partial charge in [-0.25, -0.2) is 18.7 Å². The van der Waals surface area contributed by atoms with E-state index in [-0.39, 0.29) is 0 Å². The van der Waals surface area contributed by atoms with Gasteiger partial charge in [0.05, 0.1) is 11.9 Å². The van der Waals surface area contributed by atoms with Crippen LogP contribution in [0.2, 0.25) is 0 Å². The summed E-state index contributed by atoms with van der Waals surface area (Å²) in [6.45, 7) is 3.46. The van der Waals surface area contributed by atoms with Crippen LogP contribution >= 0.6 is 0 Å². The largest absolute Gasteiger partial charge is 0.363 e. The maximum absolute atomic E-state index is 14.3. The van der Waals surface area contributed by atoms with Gasteiger partial charge in [-0.3, -0.25) is 4.40 Å². The average molecular weight is 329 g/mol. The number of aromatic nitrogens is 3. The molecule has 24 heavy (non-hydrogen) atoms. The number of aryl methyl sites for hydroxylation is 1. The lowest BCUT2D eigenvalue weighted by Gasteiger charge is -2.15. The van der Waals surface area contributed by atoms with Gasteiger partial charge >= 0.3 is 0 Å². The molecule has 0 saturated carbocycles. The molecule has 1 aliphatic heterocycles. The Balaban J connectivity index is 1.80. The Morgan fingerprint density at radius 1 is 1.25 bits per heavy atom. The van der Waals surface area contributed by atoms with Crippen molar-refractivity contribution in [3.8, 4) is 11.3 Å². The molecule has 1 saturated heterocycles. The van der Waals surface area contributed by atoms with Crippen molar-refractivity contribution in [3.63, 3.8) is 0 Å². The van der Waals surface area contributed by atoms with Gasteiger partial charge in [0.15, 0.2) is 11.5 Å². The van der Waals surface area contributed by atoms with Crippen molar-refractivity contribution >= 4 is 11.5 Å². The summed E-state index contributed by atoms with van der Waals surface area (Å²) in [5.74, 6) is -0.509. The molecule has 0 spiro atoms. The van der Waals surface area contributed by atoms with Gasteiger partial charge in [-0.1, -0.05) is 0 Å². The van der Waals surface area contributed by atoms with Crippen LogP contribution in [0.3, 0.4) is 0 Å². The molecule has 1 fully saturated rings. The third kappa shape index (κ3) is 2.50. The van der Waals surface area contributed by atoms with E-state index in [9.17, 15) is 8.78 Å². The van der Waals surface area contributed by atoms with E-state index in [0.717, 1.165) is 25.6 Å². The molecule has 124 valence electrons. The van der Waals surface area contributed by atoms with Gasteiger partial charge in [0.25, 0.3) is 0 Å². The van der Waals surface area contributed by atoms with Crippen molar-refractivity contribution in [1.82, 2.24) is 19.7 Å². The number of hydrogen-bond donors (Lipinski definition) is 2. The van der Waals surface area contributed by atoms with Crippen LogP contribution < -0.4 is 10.6 Å². The lowest BCUT2D eigenvalue weighted by molar-refractivity contribution is 0.579. The van der Waals surface area contributed by atoms with E-state index in [0.29, 0.717) is 34.3 Å². The lowest BCUT2D eigenvalue weighted by atomic mass is 10.1. The quantitative estimate of drug-likeness (QED) is 0.776. The molecule has 0 unspecified atom stereocenters. The molecule has 2 aromatic heterocycles. The maximum Gasteiger partial charge on any atom is 0.180 e. The van der Waals surface area contributed by atoms with Crippen molar-refractivity contribution in [2.75, 3.05) is 18.4 Å². The monoisotopic (exact) mass is 329 g/mol. The van der Waals surface area contributed by atoms with Crippen LogP contribution in [0.5, 0.6) is 0 Å². The number of fused-ring (bicyclic) bond motifs is 1. The molecule has 0 aliphatic carbocycles. The molecule has 0 radical (unpaired) electrons. The Labute approximate surface area is 137 Å². The van der Waals surface area contributed by atoms with Crippen molar-refractivity contribution in [3.05, 3.63) is 47.9 Å². The molecule has 1 aliphatic rings.